The average Bonchev–Trinajstić information content (AvgIpc) is 2.88. The Morgan fingerprint density at radius 1 is 1.20 bits per heavy atom. The molecule has 0 N–H and O–H groups in total. The van der Waals surface area contributed by atoms with E-state index in [9.17, 15) is 0 Å². The second kappa shape index (κ2) is 6.12. The molecule has 1 heterocycles. The summed E-state index contributed by atoms with van der Waals surface area (Å²) >= 11 is 11.1. The van der Waals surface area contributed by atoms with Crippen molar-refractivity contribution in [1.29, 1.82) is 0 Å². The van der Waals surface area contributed by atoms with Gasteiger partial charge in [-0.15, -0.1) is 11.3 Å². The van der Waals surface area contributed by atoms with E-state index in [-0.39, 0.29) is 0 Å². The Bertz CT molecular complexity index is 711. The van der Waals surface area contributed by atoms with Crippen molar-refractivity contribution in [3.05, 3.63) is 58.1 Å². The summed E-state index contributed by atoms with van der Waals surface area (Å²) in [6, 6.07) is 13.7. The fourth-order valence-electron chi connectivity index (χ4n) is 1.91. The first-order valence-electron chi connectivity index (χ1n) is 6.08. The van der Waals surface area contributed by atoms with Crippen molar-refractivity contribution in [2.24, 2.45) is 0 Å². The monoisotopic (exact) mass is 367 g/mol. The highest BCUT2D eigenvalue weighted by molar-refractivity contribution is 9.08. The molecule has 2 nitrogen and oxygen atoms in total. The van der Waals surface area contributed by atoms with Crippen molar-refractivity contribution in [1.82, 2.24) is 4.98 Å². The van der Waals surface area contributed by atoms with E-state index in [1.807, 2.05) is 36.4 Å². The van der Waals surface area contributed by atoms with E-state index < -0.39 is 0 Å². The maximum Gasteiger partial charge on any atom is 0.140 e. The van der Waals surface area contributed by atoms with Gasteiger partial charge in [0.2, 0.25) is 0 Å². The van der Waals surface area contributed by atoms with Crippen molar-refractivity contribution in [2.75, 3.05) is 0 Å². The van der Waals surface area contributed by atoms with Gasteiger partial charge in [-0.1, -0.05) is 39.7 Å². The lowest BCUT2D eigenvalue weighted by Crippen LogP contribution is -1.97. The first-order chi connectivity index (χ1) is 9.76. The molecule has 0 fully saturated rings. The van der Waals surface area contributed by atoms with Crippen LogP contribution in [0.1, 0.15) is 10.6 Å². The van der Waals surface area contributed by atoms with E-state index in [1.165, 1.54) is 4.70 Å². The molecule has 0 aliphatic heterocycles. The smallest absolute Gasteiger partial charge is 0.140 e. The lowest BCUT2D eigenvalue weighted by Gasteiger charge is -2.08. The van der Waals surface area contributed by atoms with Gasteiger partial charge in [-0.3, -0.25) is 0 Å². The Morgan fingerprint density at radius 2 is 2.05 bits per heavy atom. The first kappa shape index (κ1) is 13.9. The third-order valence-electron chi connectivity index (χ3n) is 2.86. The highest BCUT2D eigenvalue weighted by Crippen LogP contribution is 2.27. The summed E-state index contributed by atoms with van der Waals surface area (Å²) in [4.78, 5) is 4.56. The summed E-state index contributed by atoms with van der Waals surface area (Å²) < 4.78 is 7.04. The number of rotatable bonds is 4. The highest BCUT2D eigenvalue weighted by Gasteiger charge is 2.07. The van der Waals surface area contributed by atoms with Crippen LogP contribution >= 0.6 is 38.9 Å². The number of halogens is 2. The summed E-state index contributed by atoms with van der Waals surface area (Å²) in [7, 11) is 0. The fourth-order valence-corrected chi connectivity index (χ4v) is 3.43. The lowest BCUT2D eigenvalue weighted by molar-refractivity contribution is 0.303. The summed E-state index contributed by atoms with van der Waals surface area (Å²) in [5.74, 6) is 0.838. The van der Waals surface area contributed by atoms with Gasteiger partial charge in [-0.05, 0) is 30.3 Å². The van der Waals surface area contributed by atoms with Crippen LogP contribution in [-0.2, 0) is 11.9 Å². The van der Waals surface area contributed by atoms with Crippen LogP contribution in [0.15, 0.2) is 42.5 Å². The predicted molar refractivity (Wildman–Crippen MR) is 88.0 cm³/mol. The van der Waals surface area contributed by atoms with Gasteiger partial charge in [-0.25, -0.2) is 4.98 Å². The number of aromatic nitrogens is 1. The average molecular weight is 369 g/mol. The Balaban J connectivity index is 1.79. The Labute approximate surface area is 134 Å². The summed E-state index contributed by atoms with van der Waals surface area (Å²) in [5.41, 5.74) is 2.06. The molecule has 0 aliphatic rings. The zero-order valence-electron chi connectivity index (χ0n) is 10.5. The number of fused-ring (bicyclic) bond motifs is 1. The number of thiazole rings is 1. The van der Waals surface area contributed by atoms with Crippen molar-refractivity contribution >= 4 is 49.1 Å². The van der Waals surface area contributed by atoms with E-state index in [0.29, 0.717) is 17.0 Å². The minimum absolute atomic E-state index is 0.473. The largest absolute Gasteiger partial charge is 0.486 e. The molecule has 102 valence electrons. The van der Waals surface area contributed by atoms with Gasteiger partial charge in [0.1, 0.15) is 17.4 Å². The zero-order chi connectivity index (χ0) is 13.9. The molecule has 0 spiro atoms. The summed E-state index contributed by atoms with van der Waals surface area (Å²) in [5, 5.41) is 2.40. The SMILES string of the molecule is Clc1ccc(OCc2nc3ccccc3s2)c(CBr)c1. The van der Waals surface area contributed by atoms with E-state index >= 15 is 0 Å². The zero-order valence-corrected chi connectivity index (χ0v) is 13.6. The maximum atomic E-state index is 5.98. The standard InChI is InChI=1S/C15H11BrClNOS/c16-8-10-7-11(17)5-6-13(10)19-9-15-18-12-3-1-2-4-14(12)20-15/h1-7H,8-9H2. The molecule has 0 amide bonds. The summed E-state index contributed by atoms with van der Waals surface area (Å²) in [6.07, 6.45) is 0. The number of hydrogen-bond donors (Lipinski definition) is 0. The van der Waals surface area contributed by atoms with Gasteiger partial charge >= 0.3 is 0 Å². The van der Waals surface area contributed by atoms with Crippen molar-refractivity contribution < 1.29 is 4.74 Å². The topological polar surface area (TPSA) is 22.1 Å². The van der Waals surface area contributed by atoms with Crippen molar-refractivity contribution in [3.63, 3.8) is 0 Å². The van der Waals surface area contributed by atoms with E-state index in [0.717, 1.165) is 21.8 Å². The number of nitrogens with zero attached hydrogens (tertiary/aromatic N) is 1. The van der Waals surface area contributed by atoms with E-state index in [1.54, 1.807) is 11.3 Å². The quantitative estimate of drug-likeness (QED) is 0.573. The molecule has 0 atom stereocenters. The van der Waals surface area contributed by atoms with Gasteiger partial charge in [-0.2, -0.15) is 0 Å². The Morgan fingerprint density at radius 3 is 2.85 bits per heavy atom. The molecule has 0 saturated heterocycles. The molecule has 1 aromatic heterocycles. The molecule has 0 saturated carbocycles. The number of ether oxygens (including phenoxy) is 1. The predicted octanol–water partition coefficient (Wildman–Crippen LogP) is 5.42. The number of alkyl halides is 1. The third kappa shape index (κ3) is 2.97. The maximum absolute atomic E-state index is 5.98. The second-order valence-corrected chi connectivity index (χ2v) is 6.36. The summed E-state index contributed by atoms with van der Waals surface area (Å²) in [6.45, 7) is 0.473. The van der Waals surface area contributed by atoms with Crippen molar-refractivity contribution in [2.45, 2.75) is 11.9 Å². The van der Waals surface area contributed by atoms with Crippen LogP contribution in [-0.4, -0.2) is 4.98 Å². The lowest BCUT2D eigenvalue weighted by atomic mass is 10.2. The molecular formula is C15H11BrClNOS. The van der Waals surface area contributed by atoms with Gasteiger partial charge in [0.25, 0.3) is 0 Å². The molecular weight excluding hydrogens is 358 g/mol. The van der Waals surface area contributed by atoms with Gasteiger partial charge in [0, 0.05) is 15.9 Å². The van der Waals surface area contributed by atoms with E-state index in [4.69, 9.17) is 16.3 Å². The molecule has 0 radical (unpaired) electrons. The van der Waals surface area contributed by atoms with Crippen LogP contribution in [0.4, 0.5) is 0 Å². The molecule has 2 aromatic carbocycles. The molecule has 3 aromatic rings. The molecule has 0 bridgehead atoms. The molecule has 0 aliphatic carbocycles. The molecule has 20 heavy (non-hydrogen) atoms. The number of para-hydroxylation sites is 1. The molecule has 0 unspecified atom stereocenters. The van der Waals surface area contributed by atoms with Gasteiger partial charge in [0.15, 0.2) is 0 Å². The van der Waals surface area contributed by atoms with Crippen molar-refractivity contribution in [3.8, 4) is 5.75 Å². The van der Waals surface area contributed by atoms with E-state index in [2.05, 4.69) is 27.0 Å². The fraction of sp³-hybridized carbons (Fsp3) is 0.133. The van der Waals surface area contributed by atoms with Crippen LogP contribution in [0.2, 0.25) is 5.02 Å². The third-order valence-corrected chi connectivity index (χ3v) is 4.70. The second-order valence-electron chi connectivity index (χ2n) is 4.25. The first-order valence-corrected chi connectivity index (χ1v) is 8.39. The Kier molecular flexibility index (Phi) is 4.24. The van der Waals surface area contributed by atoms with Gasteiger partial charge < -0.3 is 4.74 Å². The molecule has 5 heteroatoms. The van der Waals surface area contributed by atoms with Crippen LogP contribution in [0, 0.1) is 0 Å². The minimum atomic E-state index is 0.473. The number of benzene rings is 2. The molecule has 3 rings (SSSR count). The highest BCUT2D eigenvalue weighted by atomic mass is 79.9. The van der Waals surface area contributed by atoms with Crippen LogP contribution < -0.4 is 4.74 Å². The van der Waals surface area contributed by atoms with Crippen LogP contribution in [0.5, 0.6) is 5.75 Å². The van der Waals surface area contributed by atoms with Gasteiger partial charge in [0.05, 0.1) is 10.2 Å². The normalized spacial score (nSPS) is 10.9. The Hall–Kier alpha value is -1.10. The minimum Gasteiger partial charge on any atom is -0.486 e. The van der Waals surface area contributed by atoms with Crippen LogP contribution in [0.25, 0.3) is 10.2 Å². The number of hydrogen-bond acceptors (Lipinski definition) is 3. The van der Waals surface area contributed by atoms with Crippen LogP contribution in [0.3, 0.4) is 0 Å².